The number of aliphatic hydroxyl groups is 1. The number of carbonyl (C=O) groups excluding carboxylic acids is 1. The molecule has 1 fully saturated rings. The van der Waals surface area contributed by atoms with Gasteiger partial charge in [0.05, 0.1) is 13.2 Å². The van der Waals surface area contributed by atoms with Gasteiger partial charge >= 0.3 is 0 Å². The zero-order chi connectivity index (χ0) is 11.0. The van der Waals surface area contributed by atoms with E-state index in [0.29, 0.717) is 0 Å². The van der Waals surface area contributed by atoms with E-state index in [0.717, 1.165) is 11.4 Å². The van der Waals surface area contributed by atoms with E-state index in [4.69, 9.17) is 4.74 Å². The van der Waals surface area contributed by atoms with Crippen molar-refractivity contribution >= 4 is 11.6 Å². The summed E-state index contributed by atoms with van der Waals surface area (Å²) in [5.74, 6) is 0.507. The molecule has 4 nitrogen and oxygen atoms in total. The van der Waals surface area contributed by atoms with Gasteiger partial charge in [-0.2, -0.15) is 0 Å². The third-order valence-corrected chi connectivity index (χ3v) is 2.71. The maximum Gasteiger partial charge on any atom is 0.258 e. The predicted molar refractivity (Wildman–Crippen MR) is 55.9 cm³/mol. The highest BCUT2D eigenvalue weighted by Crippen LogP contribution is 2.29. The van der Waals surface area contributed by atoms with E-state index in [1.807, 2.05) is 6.92 Å². The highest BCUT2D eigenvalue weighted by Gasteiger charge is 2.43. The fourth-order valence-corrected chi connectivity index (χ4v) is 1.71. The molecular formula is C11H13NO3. The largest absolute Gasteiger partial charge is 0.497 e. The van der Waals surface area contributed by atoms with Gasteiger partial charge in [0.2, 0.25) is 0 Å². The molecule has 0 saturated carbocycles. The van der Waals surface area contributed by atoms with Crippen LogP contribution in [-0.4, -0.2) is 30.3 Å². The molecule has 2 rings (SSSR count). The van der Waals surface area contributed by atoms with E-state index in [9.17, 15) is 9.90 Å². The highest BCUT2D eigenvalue weighted by atomic mass is 16.5. The van der Waals surface area contributed by atoms with Crippen LogP contribution >= 0.6 is 0 Å². The van der Waals surface area contributed by atoms with Gasteiger partial charge in [-0.05, 0) is 31.2 Å². The molecule has 1 aromatic carbocycles. The van der Waals surface area contributed by atoms with Crippen LogP contribution in [0, 0.1) is 0 Å². The zero-order valence-corrected chi connectivity index (χ0v) is 8.68. The first-order valence-corrected chi connectivity index (χ1v) is 4.80. The third-order valence-electron chi connectivity index (χ3n) is 2.71. The molecule has 0 radical (unpaired) electrons. The Kier molecular flexibility index (Phi) is 2.36. The van der Waals surface area contributed by atoms with Gasteiger partial charge in [0.25, 0.3) is 5.91 Å². The Bertz CT molecular complexity index is 374. The summed E-state index contributed by atoms with van der Waals surface area (Å²) in [4.78, 5) is 12.9. The van der Waals surface area contributed by atoms with Crippen LogP contribution in [0.5, 0.6) is 5.75 Å². The molecule has 0 bridgehead atoms. The summed E-state index contributed by atoms with van der Waals surface area (Å²) in [7, 11) is 1.59. The van der Waals surface area contributed by atoms with Gasteiger partial charge in [0.1, 0.15) is 5.75 Å². The molecule has 4 heteroatoms. The maximum absolute atomic E-state index is 11.4. The standard InChI is InChI=1S/C11H13NO3/c1-7-10(13)11(14)12(7)8-3-5-9(15-2)6-4-8/h3-7,10,13H,1-2H3/t7-,10-/m1/s1. The number of nitrogens with zero attached hydrogens (tertiary/aromatic N) is 1. The first kappa shape index (κ1) is 9.98. The van der Waals surface area contributed by atoms with Gasteiger partial charge < -0.3 is 14.7 Å². The lowest BCUT2D eigenvalue weighted by molar-refractivity contribution is -0.136. The number of rotatable bonds is 2. The normalized spacial score (nSPS) is 25.0. The Labute approximate surface area is 88.1 Å². The van der Waals surface area contributed by atoms with Crippen molar-refractivity contribution in [2.24, 2.45) is 0 Å². The molecule has 15 heavy (non-hydrogen) atoms. The summed E-state index contributed by atoms with van der Waals surface area (Å²) in [5, 5.41) is 9.30. The van der Waals surface area contributed by atoms with Crippen molar-refractivity contribution in [3.05, 3.63) is 24.3 Å². The quantitative estimate of drug-likeness (QED) is 0.729. The summed E-state index contributed by atoms with van der Waals surface area (Å²) < 4.78 is 5.02. The minimum absolute atomic E-state index is 0.147. The van der Waals surface area contributed by atoms with Crippen molar-refractivity contribution in [3.63, 3.8) is 0 Å². The second kappa shape index (κ2) is 3.55. The Morgan fingerprint density at radius 2 is 1.93 bits per heavy atom. The van der Waals surface area contributed by atoms with Gasteiger partial charge in [-0.25, -0.2) is 0 Å². The van der Waals surface area contributed by atoms with E-state index in [1.165, 1.54) is 0 Å². The van der Waals surface area contributed by atoms with Gasteiger partial charge in [0.15, 0.2) is 6.10 Å². The number of carbonyl (C=O) groups is 1. The Balaban J connectivity index is 2.20. The molecule has 0 unspecified atom stereocenters. The van der Waals surface area contributed by atoms with Crippen LogP contribution in [0.4, 0.5) is 5.69 Å². The molecule has 0 spiro atoms. The Morgan fingerprint density at radius 1 is 1.33 bits per heavy atom. The van der Waals surface area contributed by atoms with Crippen LogP contribution in [0.1, 0.15) is 6.92 Å². The maximum atomic E-state index is 11.4. The molecule has 1 amide bonds. The fourth-order valence-electron chi connectivity index (χ4n) is 1.71. The molecule has 1 heterocycles. The van der Waals surface area contributed by atoms with E-state index in [1.54, 1.807) is 36.3 Å². The minimum atomic E-state index is -0.855. The van der Waals surface area contributed by atoms with Gasteiger partial charge in [-0.15, -0.1) is 0 Å². The van der Waals surface area contributed by atoms with E-state index in [-0.39, 0.29) is 11.9 Å². The summed E-state index contributed by atoms with van der Waals surface area (Å²) >= 11 is 0. The number of hydrogen-bond acceptors (Lipinski definition) is 3. The molecule has 1 aliphatic heterocycles. The Hall–Kier alpha value is -1.55. The topological polar surface area (TPSA) is 49.8 Å². The fraction of sp³-hybridized carbons (Fsp3) is 0.364. The molecule has 2 atom stereocenters. The first-order chi connectivity index (χ1) is 7.15. The second-order valence-corrected chi connectivity index (χ2v) is 3.59. The minimum Gasteiger partial charge on any atom is -0.497 e. The van der Waals surface area contributed by atoms with Crippen molar-refractivity contribution in [2.45, 2.75) is 19.1 Å². The van der Waals surface area contributed by atoms with Crippen LogP contribution in [-0.2, 0) is 4.79 Å². The van der Waals surface area contributed by atoms with Crippen LogP contribution < -0.4 is 9.64 Å². The third kappa shape index (κ3) is 1.47. The lowest BCUT2D eigenvalue weighted by atomic mass is 9.99. The van der Waals surface area contributed by atoms with Crippen molar-refractivity contribution < 1.29 is 14.6 Å². The number of benzene rings is 1. The van der Waals surface area contributed by atoms with E-state index < -0.39 is 6.10 Å². The number of methoxy groups -OCH3 is 1. The van der Waals surface area contributed by atoms with Crippen molar-refractivity contribution in [3.8, 4) is 5.75 Å². The molecule has 0 aromatic heterocycles. The van der Waals surface area contributed by atoms with Crippen molar-refractivity contribution in [1.82, 2.24) is 0 Å². The van der Waals surface area contributed by atoms with Gasteiger partial charge in [-0.1, -0.05) is 0 Å². The smallest absolute Gasteiger partial charge is 0.258 e. The number of ether oxygens (including phenoxy) is 1. The van der Waals surface area contributed by atoms with Crippen LogP contribution in [0.15, 0.2) is 24.3 Å². The number of anilines is 1. The van der Waals surface area contributed by atoms with Crippen molar-refractivity contribution in [2.75, 3.05) is 12.0 Å². The van der Waals surface area contributed by atoms with Crippen LogP contribution in [0.25, 0.3) is 0 Å². The summed E-state index contributed by atoms with van der Waals surface area (Å²) in [6.45, 7) is 1.82. The summed E-state index contributed by atoms with van der Waals surface area (Å²) in [5.41, 5.74) is 0.790. The summed E-state index contributed by atoms with van der Waals surface area (Å²) in [6.07, 6.45) is -0.855. The molecule has 1 aliphatic rings. The molecule has 0 aliphatic carbocycles. The number of amides is 1. The van der Waals surface area contributed by atoms with Gasteiger partial charge in [-0.3, -0.25) is 4.79 Å². The molecule has 80 valence electrons. The first-order valence-electron chi connectivity index (χ1n) is 4.80. The summed E-state index contributed by atoms with van der Waals surface area (Å²) in [6, 6.07) is 7.05. The average Bonchev–Trinajstić information content (AvgIpc) is 2.30. The van der Waals surface area contributed by atoms with Crippen molar-refractivity contribution in [1.29, 1.82) is 0 Å². The van der Waals surface area contributed by atoms with Gasteiger partial charge in [0, 0.05) is 5.69 Å². The molecule has 1 saturated heterocycles. The molecular weight excluding hydrogens is 194 g/mol. The predicted octanol–water partition coefficient (Wildman–Crippen LogP) is 0.791. The zero-order valence-electron chi connectivity index (χ0n) is 8.68. The van der Waals surface area contributed by atoms with E-state index in [2.05, 4.69) is 0 Å². The van der Waals surface area contributed by atoms with Crippen LogP contribution in [0.2, 0.25) is 0 Å². The number of β-lactam (4-membered cyclic amide) rings is 1. The molecule has 1 aromatic rings. The number of hydrogen-bond donors (Lipinski definition) is 1. The second-order valence-electron chi connectivity index (χ2n) is 3.59. The average molecular weight is 207 g/mol. The van der Waals surface area contributed by atoms with E-state index >= 15 is 0 Å². The lowest BCUT2D eigenvalue weighted by Gasteiger charge is -2.42. The Morgan fingerprint density at radius 3 is 2.40 bits per heavy atom. The monoisotopic (exact) mass is 207 g/mol. The number of aliphatic hydroxyl groups excluding tert-OH is 1. The lowest BCUT2D eigenvalue weighted by Crippen LogP contribution is -2.63. The SMILES string of the molecule is COc1ccc(N2C(=O)[C@H](O)[C@H]2C)cc1. The highest BCUT2D eigenvalue weighted by molar-refractivity contribution is 6.04. The van der Waals surface area contributed by atoms with Crippen LogP contribution in [0.3, 0.4) is 0 Å². The molecule has 1 N–H and O–H groups in total.